The van der Waals surface area contributed by atoms with Gasteiger partial charge in [0.25, 0.3) is 5.91 Å². The Morgan fingerprint density at radius 2 is 1.93 bits per heavy atom. The van der Waals surface area contributed by atoms with Gasteiger partial charge in [0.05, 0.1) is 0 Å². The molecule has 28 heavy (non-hydrogen) atoms. The number of aryl methyl sites for hydroxylation is 2. The molecule has 0 bridgehead atoms. The quantitative estimate of drug-likeness (QED) is 0.462. The molecule has 0 aliphatic carbocycles. The van der Waals surface area contributed by atoms with Crippen LogP contribution in [0.15, 0.2) is 57.7 Å². The normalized spacial score (nSPS) is 10.8. The number of fused-ring (bicyclic) bond motifs is 1. The van der Waals surface area contributed by atoms with Gasteiger partial charge in [-0.15, -0.1) is 0 Å². The summed E-state index contributed by atoms with van der Waals surface area (Å²) >= 11 is 1.77. The van der Waals surface area contributed by atoms with E-state index < -0.39 is 5.63 Å². The van der Waals surface area contributed by atoms with Crippen LogP contribution in [0.1, 0.15) is 16.7 Å². The Morgan fingerprint density at radius 1 is 1.14 bits per heavy atom. The summed E-state index contributed by atoms with van der Waals surface area (Å²) in [7, 11) is 0. The van der Waals surface area contributed by atoms with Crippen LogP contribution < -0.4 is 15.7 Å². The maximum absolute atomic E-state index is 12.0. The summed E-state index contributed by atoms with van der Waals surface area (Å²) in [6.45, 7) is 4.19. The zero-order chi connectivity index (χ0) is 19.9. The number of carbonyl (C=O) groups is 1. The van der Waals surface area contributed by atoms with Crippen LogP contribution in [-0.4, -0.2) is 24.8 Å². The van der Waals surface area contributed by atoms with Gasteiger partial charge in [-0.2, -0.15) is 11.8 Å². The van der Waals surface area contributed by atoms with Crippen molar-refractivity contribution < 1.29 is 13.9 Å². The monoisotopic (exact) mass is 397 g/mol. The first-order chi connectivity index (χ1) is 13.5. The van der Waals surface area contributed by atoms with E-state index in [1.54, 1.807) is 17.8 Å². The van der Waals surface area contributed by atoms with Crippen molar-refractivity contribution in [2.75, 3.05) is 18.9 Å². The molecule has 5 nitrogen and oxygen atoms in total. The maximum atomic E-state index is 12.0. The molecule has 0 aliphatic heterocycles. The Kier molecular flexibility index (Phi) is 6.76. The lowest BCUT2D eigenvalue weighted by molar-refractivity contribution is -0.122. The van der Waals surface area contributed by atoms with Crippen molar-refractivity contribution in [2.24, 2.45) is 0 Å². The molecule has 2 aromatic carbocycles. The van der Waals surface area contributed by atoms with E-state index in [4.69, 9.17) is 9.15 Å². The summed E-state index contributed by atoms with van der Waals surface area (Å²) in [5.41, 5.74) is 2.95. The topological polar surface area (TPSA) is 68.5 Å². The molecule has 0 atom stereocenters. The number of hydrogen-bond acceptors (Lipinski definition) is 5. The summed E-state index contributed by atoms with van der Waals surface area (Å²) in [6, 6.07) is 15.3. The predicted molar refractivity (Wildman–Crippen MR) is 113 cm³/mol. The minimum Gasteiger partial charge on any atom is -0.483 e. The van der Waals surface area contributed by atoms with Crippen molar-refractivity contribution in [1.29, 1.82) is 0 Å². The molecule has 1 amide bonds. The van der Waals surface area contributed by atoms with E-state index in [0.717, 1.165) is 22.5 Å². The summed E-state index contributed by atoms with van der Waals surface area (Å²) in [5, 5.41) is 3.72. The number of thioether (sulfide) groups is 1. The molecule has 1 N–H and O–H groups in total. The van der Waals surface area contributed by atoms with Gasteiger partial charge in [0.2, 0.25) is 0 Å². The van der Waals surface area contributed by atoms with Crippen molar-refractivity contribution in [1.82, 2.24) is 5.32 Å². The largest absolute Gasteiger partial charge is 0.483 e. The summed E-state index contributed by atoms with van der Waals surface area (Å²) < 4.78 is 10.9. The van der Waals surface area contributed by atoms with Crippen molar-refractivity contribution in [3.05, 3.63) is 75.6 Å². The average molecular weight is 397 g/mol. The zero-order valence-electron chi connectivity index (χ0n) is 16.0. The van der Waals surface area contributed by atoms with Crippen molar-refractivity contribution in [3.63, 3.8) is 0 Å². The Labute approximate surface area is 168 Å². The van der Waals surface area contributed by atoms with Gasteiger partial charge in [-0.25, -0.2) is 4.79 Å². The van der Waals surface area contributed by atoms with Gasteiger partial charge in [0.1, 0.15) is 11.3 Å². The summed E-state index contributed by atoms with van der Waals surface area (Å²) in [5.74, 6) is 2.12. The highest BCUT2D eigenvalue weighted by Crippen LogP contribution is 2.28. The predicted octanol–water partition coefficient (Wildman–Crippen LogP) is 3.84. The Bertz CT molecular complexity index is 1010. The van der Waals surface area contributed by atoms with Gasteiger partial charge in [-0.05, 0) is 37.1 Å². The molecule has 3 rings (SSSR count). The second-order valence-corrected chi connectivity index (χ2v) is 7.60. The lowest BCUT2D eigenvalue weighted by Gasteiger charge is -2.11. The Hall–Kier alpha value is -2.73. The number of carbonyl (C=O) groups excluding carboxylic acids is 1. The standard InChI is InChI=1S/C22H23NO4S/c1-15-12-21(25)27-22-16(2)19(9-8-18(15)22)26-13-20(24)23-10-11-28-14-17-6-4-3-5-7-17/h3-9,12H,10-11,13-14H2,1-2H3,(H,23,24). The first-order valence-corrected chi connectivity index (χ1v) is 10.3. The van der Waals surface area contributed by atoms with Gasteiger partial charge in [0.15, 0.2) is 6.61 Å². The van der Waals surface area contributed by atoms with Gasteiger partial charge in [-0.1, -0.05) is 30.3 Å². The van der Waals surface area contributed by atoms with Crippen LogP contribution in [0.2, 0.25) is 0 Å². The van der Waals surface area contributed by atoms with Crippen LogP contribution in [0.3, 0.4) is 0 Å². The third-order valence-electron chi connectivity index (χ3n) is 4.36. The molecular weight excluding hydrogens is 374 g/mol. The van der Waals surface area contributed by atoms with Crippen LogP contribution in [0, 0.1) is 13.8 Å². The summed E-state index contributed by atoms with van der Waals surface area (Å²) in [6.07, 6.45) is 0. The van der Waals surface area contributed by atoms with Crippen LogP contribution in [0.4, 0.5) is 0 Å². The first kappa shape index (κ1) is 20.0. The number of hydrogen-bond donors (Lipinski definition) is 1. The smallest absolute Gasteiger partial charge is 0.336 e. The van der Waals surface area contributed by atoms with E-state index in [2.05, 4.69) is 17.4 Å². The lowest BCUT2D eigenvalue weighted by Crippen LogP contribution is -2.30. The molecule has 146 valence electrons. The summed E-state index contributed by atoms with van der Waals surface area (Å²) in [4.78, 5) is 23.6. The highest BCUT2D eigenvalue weighted by atomic mass is 32.2. The van der Waals surface area contributed by atoms with Crippen molar-refractivity contribution in [2.45, 2.75) is 19.6 Å². The third-order valence-corrected chi connectivity index (χ3v) is 5.39. The average Bonchev–Trinajstić information content (AvgIpc) is 2.68. The zero-order valence-corrected chi connectivity index (χ0v) is 16.8. The molecule has 0 aliphatic rings. The lowest BCUT2D eigenvalue weighted by atomic mass is 10.1. The molecule has 0 radical (unpaired) electrons. The molecule has 0 saturated carbocycles. The van der Waals surface area contributed by atoms with E-state index in [1.165, 1.54) is 11.6 Å². The number of nitrogens with one attached hydrogen (secondary N) is 1. The first-order valence-electron chi connectivity index (χ1n) is 9.10. The molecular formula is C22H23NO4S. The van der Waals surface area contributed by atoms with Crippen LogP contribution in [0.5, 0.6) is 5.75 Å². The van der Waals surface area contributed by atoms with E-state index >= 15 is 0 Å². The van der Waals surface area contributed by atoms with Gasteiger partial charge < -0.3 is 14.5 Å². The van der Waals surface area contributed by atoms with Crippen LogP contribution in [0.25, 0.3) is 11.0 Å². The van der Waals surface area contributed by atoms with E-state index in [1.807, 2.05) is 38.1 Å². The molecule has 0 fully saturated rings. The Balaban J connectivity index is 1.47. The number of benzene rings is 2. The molecule has 0 spiro atoms. The van der Waals surface area contributed by atoms with Crippen molar-refractivity contribution in [3.8, 4) is 5.75 Å². The molecule has 1 aromatic heterocycles. The number of ether oxygens (including phenoxy) is 1. The molecule has 6 heteroatoms. The van der Waals surface area contributed by atoms with E-state index in [-0.39, 0.29) is 12.5 Å². The fourth-order valence-electron chi connectivity index (χ4n) is 2.88. The maximum Gasteiger partial charge on any atom is 0.336 e. The Morgan fingerprint density at radius 3 is 2.71 bits per heavy atom. The number of amides is 1. The minimum absolute atomic E-state index is 0.0776. The molecule has 0 unspecified atom stereocenters. The molecule has 0 saturated heterocycles. The van der Waals surface area contributed by atoms with Crippen LogP contribution in [-0.2, 0) is 10.5 Å². The highest BCUT2D eigenvalue weighted by Gasteiger charge is 2.11. The molecule has 3 aromatic rings. The minimum atomic E-state index is -0.393. The second kappa shape index (κ2) is 9.46. The SMILES string of the molecule is Cc1cc(=O)oc2c(C)c(OCC(=O)NCCSCc3ccccc3)ccc12. The molecule has 1 heterocycles. The van der Waals surface area contributed by atoms with E-state index in [9.17, 15) is 9.59 Å². The third kappa shape index (κ3) is 5.16. The van der Waals surface area contributed by atoms with E-state index in [0.29, 0.717) is 23.4 Å². The fourth-order valence-corrected chi connectivity index (χ4v) is 3.70. The fraction of sp³-hybridized carbons (Fsp3) is 0.273. The van der Waals surface area contributed by atoms with Gasteiger partial charge in [0, 0.05) is 35.1 Å². The van der Waals surface area contributed by atoms with Gasteiger partial charge >= 0.3 is 5.63 Å². The second-order valence-electron chi connectivity index (χ2n) is 6.49. The van der Waals surface area contributed by atoms with Crippen LogP contribution >= 0.6 is 11.8 Å². The highest BCUT2D eigenvalue weighted by molar-refractivity contribution is 7.98. The van der Waals surface area contributed by atoms with Crippen molar-refractivity contribution >= 4 is 28.6 Å². The van der Waals surface area contributed by atoms with Gasteiger partial charge in [-0.3, -0.25) is 4.79 Å². The number of rotatable bonds is 8.